The molecule has 2 fully saturated rings. The molecule has 0 spiro atoms. The fourth-order valence-corrected chi connectivity index (χ4v) is 4.10. The molecule has 3 aliphatic heterocycles. The molecule has 0 aromatic heterocycles. The molecule has 8 heteroatoms. The van der Waals surface area contributed by atoms with Crippen molar-refractivity contribution < 1.29 is 24.2 Å². The lowest BCUT2D eigenvalue weighted by Crippen LogP contribution is -2.53. The van der Waals surface area contributed by atoms with Gasteiger partial charge in [-0.15, -0.1) is 0 Å². The Morgan fingerprint density at radius 3 is 2.29 bits per heavy atom. The Bertz CT molecular complexity index is 734. The van der Waals surface area contributed by atoms with Crippen molar-refractivity contribution in [2.75, 3.05) is 45.9 Å². The van der Waals surface area contributed by atoms with E-state index in [0.717, 1.165) is 17.7 Å². The molecule has 1 aromatic carbocycles. The summed E-state index contributed by atoms with van der Waals surface area (Å²) in [6.07, 6.45) is 0.590. The van der Waals surface area contributed by atoms with E-state index in [9.17, 15) is 19.5 Å². The van der Waals surface area contributed by atoms with Crippen LogP contribution in [0.25, 0.3) is 0 Å². The maximum Gasteiger partial charge on any atom is 0.261 e. The van der Waals surface area contributed by atoms with Gasteiger partial charge in [0.1, 0.15) is 6.10 Å². The minimum atomic E-state index is -0.831. The summed E-state index contributed by atoms with van der Waals surface area (Å²) in [4.78, 5) is 42.2. The third kappa shape index (κ3) is 3.67. The minimum Gasteiger partial charge on any atom is -0.390 e. The molecule has 1 N–H and O–H groups in total. The first kappa shape index (κ1) is 19.0. The summed E-state index contributed by atoms with van der Waals surface area (Å²) < 4.78 is 5.47. The van der Waals surface area contributed by atoms with Crippen LogP contribution in [-0.2, 0) is 9.53 Å². The van der Waals surface area contributed by atoms with Gasteiger partial charge in [-0.25, -0.2) is 0 Å². The molecule has 2 saturated heterocycles. The van der Waals surface area contributed by atoms with Crippen LogP contribution >= 0.6 is 0 Å². The predicted molar refractivity (Wildman–Crippen MR) is 99.8 cm³/mol. The summed E-state index contributed by atoms with van der Waals surface area (Å²) in [7, 11) is 0. The van der Waals surface area contributed by atoms with Gasteiger partial charge in [-0.1, -0.05) is 12.1 Å². The fraction of sp³-hybridized carbons (Fsp3) is 0.550. The smallest absolute Gasteiger partial charge is 0.261 e. The fourth-order valence-electron chi connectivity index (χ4n) is 4.10. The van der Waals surface area contributed by atoms with Crippen molar-refractivity contribution in [3.63, 3.8) is 0 Å². The second-order valence-electron chi connectivity index (χ2n) is 7.55. The van der Waals surface area contributed by atoms with E-state index < -0.39 is 6.10 Å². The van der Waals surface area contributed by atoms with Crippen LogP contribution in [0.2, 0.25) is 0 Å². The number of benzene rings is 1. The number of carbonyl (C=O) groups excluding carboxylic acids is 3. The van der Waals surface area contributed by atoms with Gasteiger partial charge in [0, 0.05) is 39.3 Å². The molecule has 4 rings (SSSR count). The molecule has 0 aliphatic carbocycles. The van der Waals surface area contributed by atoms with Gasteiger partial charge in [0.25, 0.3) is 17.7 Å². The van der Waals surface area contributed by atoms with Gasteiger partial charge in [0.05, 0.1) is 23.8 Å². The van der Waals surface area contributed by atoms with E-state index in [2.05, 4.69) is 4.90 Å². The number of imide groups is 1. The molecule has 3 heterocycles. The standard InChI is InChI=1S/C20H25N3O5/c24-14(13-23-18(25)15-4-1-2-5-16(15)19(23)26)12-21-7-9-22(10-8-21)20(27)17-6-3-11-28-17/h1-2,4-5,14,17,24H,3,6-13H2/t14-,17-/m0/s1. The Morgan fingerprint density at radius 2 is 1.71 bits per heavy atom. The summed E-state index contributed by atoms with van der Waals surface area (Å²) in [5.74, 6) is -0.651. The zero-order valence-corrected chi connectivity index (χ0v) is 15.7. The molecule has 0 saturated carbocycles. The highest BCUT2D eigenvalue weighted by molar-refractivity contribution is 6.21. The van der Waals surface area contributed by atoms with Crippen LogP contribution in [0.4, 0.5) is 0 Å². The number of carbonyl (C=O) groups is 3. The number of rotatable bonds is 5. The van der Waals surface area contributed by atoms with Gasteiger partial charge < -0.3 is 14.7 Å². The van der Waals surface area contributed by atoms with E-state index in [1.807, 2.05) is 4.90 Å². The number of hydrogen-bond donors (Lipinski definition) is 1. The van der Waals surface area contributed by atoms with Gasteiger partial charge in [0.15, 0.2) is 0 Å². The first-order valence-electron chi connectivity index (χ1n) is 9.80. The average molecular weight is 387 g/mol. The van der Waals surface area contributed by atoms with Gasteiger partial charge in [-0.2, -0.15) is 0 Å². The van der Waals surface area contributed by atoms with Gasteiger partial charge in [-0.3, -0.25) is 24.2 Å². The van der Waals surface area contributed by atoms with Crippen molar-refractivity contribution in [1.29, 1.82) is 0 Å². The van der Waals surface area contributed by atoms with Crippen LogP contribution in [-0.4, -0.2) is 95.6 Å². The number of ether oxygens (including phenoxy) is 1. The zero-order chi connectivity index (χ0) is 19.7. The topological polar surface area (TPSA) is 90.4 Å². The number of aliphatic hydroxyl groups is 1. The zero-order valence-electron chi connectivity index (χ0n) is 15.7. The monoisotopic (exact) mass is 387 g/mol. The Labute approximate surface area is 163 Å². The second kappa shape index (κ2) is 7.98. The van der Waals surface area contributed by atoms with E-state index in [1.165, 1.54) is 0 Å². The van der Waals surface area contributed by atoms with E-state index >= 15 is 0 Å². The third-order valence-electron chi connectivity index (χ3n) is 5.63. The molecule has 0 radical (unpaired) electrons. The molecule has 0 unspecified atom stereocenters. The predicted octanol–water partition coefficient (Wildman–Crippen LogP) is -0.0333. The number of amides is 3. The number of aliphatic hydroxyl groups excluding tert-OH is 1. The Hall–Kier alpha value is -2.29. The maximum atomic E-state index is 12.4. The largest absolute Gasteiger partial charge is 0.390 e. The average Bonchev–Trinajstić information content (AvgIpc) is 3.32. The summed E-state index contributed by atoms with van der Waals surface area (Å²) in [5, 5.41) is 10.4. The highest BCUT2D eigenvalue weighted by Gasteiger charge is 2.36. The highest BCUT2D eigenvalue weighted by Crippen LogP contribution is 2.22. The van der Waals surface area contributed by atoms with Crippen molar-refractivity contribution in [2.24, 2.45) is 0 Å². The molecule has 2 atom stereocenters. The van der Waals surface area contributed by atoms with Crippen molar-refractivity contribution in [2.45, 2.75) is 25.0 Å². The number of β-amino-alcohol motifs (C(OH)–C–C–N with tert-alkyl or cyclic N) is 1. The Balaban J connectivity index is 1.26. The number of hydrogen-bond acceptors (Lipinski definition) is 6. The summed E-state index contributed by atoms with van der Waals surface area (Å²) in [6.45, 7) is 3.48. The lowest BCUT2D eigenvalue weighted by Gasteiger charge is -2.36. The van der Waals surface area contributed by atoms with Crippen molar-refractivity contribution in [3.8, 4) is 0 Å². The second-order valence-corrected chi connectivity index (χ2v) is 7.55. The molecular weight excluding hydrogens is 362 g/mol. The van der Waals surface area contributed by atoms with Gasteiger partial charge in [-0.05, 0) is 25.0 Å². The number of fused-ring (bicyclic) bond motifs is 1. The van der Waals surface area contributed by atoms with Crippen molar-refractivity contribution >= 4 is 17.7 Å². The van der Waals surface area contributed by atoms with E-state index in [4.69, 9.17) is 4.74 Å². The Morgan fingerprint density at radius 1 is 1.07 bits per heavy atom. The summed E-state index contributed by atoms with van der Waals surface area (Å²) in [5.41, 5.74) is 0.780. The van der Waals surface area contributed by atoms with Crippen LogP contribution in [0.3, 0.4) is 0 Å². The summed E-state index contributed by atoms with van der Waals surface area (Å²) in [6, 6.07) is 6.71. The molecular formula is C20H25N3O5. The summed E-state index contributed by atoms with van der Waals surface area (Å²) >= 11 is 0. The first-order valence-corrected chi connectivity index (χ1v) is 9.80. The van der Waals surface area contributed by atoms with E-state index in [1.54, 1.807) is 24.3 Å². The lowest BCUT2D eigenvalue weighted by molar-refractivity contribution is -0.142. The number of piperazine rings is 1. The molecule has 150 valence electrons. The SMILES string of the molecule is O=C([C@@H]1CCCO1)N1CCN(C[C@H](O)CN2C(=O)c3ccccc3C2=O)CC1. The van der Waals surface area contributed by atoms with Crippen LogP contribution in [0, 0.1) is 0 Å². The first-order chi connectivity index (χ1) is 13.5. The third-order valence-corrected chi connectivity index (χ3v) is 5.63. The van der Waals surface area contributed by atoms with E-state index in [-0.39, 0.29) is 30.4 Å². The lowest BCUT2D eigenvalue weighted by atomic mass is 10.1. The van der Waals surface area contributed by atoms with Gasteiger partial charge >= 0.3 is 0 Å². The molecule has 8 nitrogen and oxygen atoms in total. The van der Waals surface area contributed by atoms with Gasteiger partial charge in [0.2, 0.25) is 0 Å². The Kier molecular flexibility index (Phi) is 5.43. The maximum absolute atomic E-state index is 12.4. The number of nitrogens with zero attached hydrogens (tertiary/aromatic N) is 3. The van der Waals surface area contributed by atoms with E-state index in [0.29, 0.717) is 50.5 Å². The molecule has 1 aromatic rings. The minimum absolute atomic E-state index is 0.0264. The van der Waals surface area contributed by atoms with Crippen LogP contribution < -0.4 is 0 Å². The van der Waals surface area contributed by atoms with Crippen molar-refractivity contribution in [1.82, 2.24) is 14.7 Å². The molecule has 0 bridgehead atoms. The molecule has 3 amide bonds. The van der Waals surface area contributed by atoms with Crippen LogP contribution in [0.5, 0.6) is 0 Å². The normalized spacial score (nSPS) is 24.0. The van der Waals surface area contributed by atoms with Crippen LogP contribution in [0.15, 0.2) is 24.3 Å². The highest BCUT2D eigenvalue weighted by atomic mass is 16.5. The molecule has 3 aliphatic rings. The molecule has 28 heavy (non-hydrogen) atoms. The van der Waals surface area contributed by atoms with Crippen LogP contribution in [0.1, 0.15) is 33.6 Å². The quantitative estimate of drug-likeness (QED) is 0.714. The van der Waals surface area contributed by atoms with Crippen molar-refractivity contribution in [3.05, 3.63) is 35.4 Å².